The normalized spacial score (nSPS) is 9.50. The van der Waals surface area contributed by atoms with E-state index in [1.54, 1.807) is 18.2 Å². The molecule has 0 atom stereocenters. The van der Waals surface area contributed by atoms with Crippen molar-refractivity contribution in [2.45, 2.75) is 6.82 Å². The van der Waals surface area contributed by atoms with Gasteiger partial charge in [0.15, 0.2) is 0 Å². The number of hydrogen-bond acceptors (Lipinski definition) is 3. The first kappa shape index (κ1) is 8.35. The predicted molar refractivity (Wildman–Crippen MR) is 54.5 cm³/mol. The molecule has 10 heavy (non-hydrogen) atoms. The summed E-state index contributed by atoms with van der Waals surface area (Å²) >= 11 is 3.89. The largest absolute Gasteiger partial charge is 0.433 e. The highest BCUT2D eigenvalue weighted by Gasteiger charge is 2.05. The minimum absolute atomic E-state index is 0.469. The molecule has 0 radical (unpaired) electrons. The van der Waals surface area contributed by atoms with Crippen LogP contribution in [0.3, 0.4) is 0 Å². The van der Waals surface area contributed by atoms with Crippen molar-refractivity contribution in [1.29, 1.82) is 0 Å². The molecule has 0 spiro atoms. The monoisotopic (exact) mass is 267 g/mol. The fourth-order valence-electron chi connectivity index (χ4n) is 0.621. The van der Waals surface area contributed by atoms with Gasteiger partial charge in [0.2, 0.25) is 0 Å². The Bertz CT molecular complexity index is 215. The lowest BCUT2D eigenvalue weighted by Crippen LogP contribution is -2.19. The van der Waals surface area contributed by atoms with Crippen LogP contribution in [0.1, 0.15) is 0 Å². The molecule has 2 N–H and O–H groups in total. The minimum atomic E-state index is -0.469. The molecule has 0 aliphatic rings. The van der Waals surface area contributed by atoms with E-state index >= 15 is 0 Å². The first-order chi connectivity index (χ1) is 4.70. The second kappa shape index (κ2) is 3.59. The Labute approximate surface area is 77.9 Å². The van der Waals surface area contributed by atoms with Gasteiger partial charge in [-0.2, -0.15) is 0 Å². The minimum Gasteiger partial charge on any atom is -0.433 e. The van der Waals surface area contributed by atoms with Crippen molar-refractivity contribution in [2.75, 3.05) is 5.23 Å². The third-order valence-corrected chi connectivity index (χ3v) is 3.03. The summed E-state index contributed by atoms with van der Waals surface area (Å²) in [7, 11) is -0.469. The highest BCUT2D eigenvalue weighted by Crippen LogP contribution is 2.23. The Morgan fingerprint density at radius 3 is 2.90 bits per heavy atom. The van der Waals surface area contributed by atoms with E-state index in [0.29, 0.717) is 0 Å². The van der Waals surface area contributed by atoms with Crippen LogP contribution in [0.4, 0.5) is 5.69 Å². The summed E-state index contributed by atoms with van der Waals surface area (Å²) in [5, 5.41) is 13.8. The van der Waals surface area contributed by atoms with Crippen LogP contribution >= 0.6 is 33.9 Å². The summed E-state index contributed by atoms with van der Waals surface area (Å²) in [5.74, 6) is 0. The van der Waals surface area contributed by atoms with E-state index < -0.39 is 7.05 Å². The van der Waals surface area contributed by atoms with Gasteiger partial charge in [-0.25, -0.2) is 0 Å². The Kier molecular flexibility index (Phi) is 3.00. The van der Waals surface area contributed by atoms with Gasteiger partial charge in [0.25, 0.3) is 0 Å². The van der Waals surface area contributed by atoms with Gasteiger partial charge in [0, 0.05) is 5.69 Å². The zero-order chi connectivity index (χ0) is 7.56. The molecule has 1 aromatic heterocycles. The van der Waals surface area contributed by atoms with Crippen molar-refractivity contribution in [3.63, 3.8) is 0 Å². The fourth-order valence-corrected chi connectivity index (χ4v) is 1.97. The van der Waals surface area contributed by atoms with E-state index in [4.69, 9.17) is 5.02 Å². The number of hydrogen-bond donors (Lipinski definition) is 2. The quantitative estimate of drug-likeness (QED) is 0.633. The average Bonchev–Trinajstić information content (AvgIpc) is 2.15. The molecule has 2 nitrogen and oxygen atoms in total. The molecular weight excluding hydrogens is 260 g/mol. The van der Waals surface area contributed by atoms with E-state index in [1.807, 2.05) is 11.4 Å². The zero-order valence-corrected chi connectivity index (χ0v) is 8.44. The molecule has 0 aliphatic carbocycles. The van der Waals surface area contributed by atoms with Crippen LogP contribution in [0.5, 0.6) is 0 Å². The van der Waals surface area contributed by atoms with Gasteiger partial charge >= 0.3 is 7.05 Å². The summed E-state index contributed by atoms with van der Waals surface area (Å²) in [6, 6.07) is 1.96. The van der Waals surface area contributed by atoms with E-state index in [0.717, 1.165) is 5.69 Å². The van der Waals surface area contributed by atoms with Crippen LogP contribution in [0, 0.1) is 2.88 Å². The van der Waals surface area contributed by atoms with Gasteiger partial charge in [-0.05, 0) is 40.9 Å². The van der Waals surface area contributed by atoms with Crippen molar-refractivity contribution in [3.8, 4) is 0 Å². The summed E-state index contributed by atoms with van der Waals surface area (Å²) in [5.41, 5.74) is 1.01. The van der Waals surface area contributed by atoms with Crippen molar-refractivity contribution in [2.24, 2.45) is 0 Å². The van der Waals surface area contributed by atoms with Crippen LogP contribution in [0.2, 0.25) is 6.82 Å². The molecule has 0 amide bonds. The molecule has 0 aromatic carbocycles. The molecule has 1 rings (SSSR count). The average molecular weight is 267 g/mol. The van der Waals surface area contributed by atoms with Gasteiger partial charge in [-0.1, -0.05) is 0 Å². The van der Waals surface area contributed by atoms with Crippen LogP contribution in [-0.4, -0.2) is 12.1 Å². The molecule has 0 bridgehead atoms. The highest BCUT2D eigenvalue weighted by atomic mass is 127. The van der Waals surface area contributed by atoms with E-state index in [-0.39, 0.29) is 0 Å². The Hall–Kier alpha value is 0.255. The van der Waals surface area contributed by atoms with Crippen LogP contribution in [0.15, 0.2) is 11.4 Å². The van der Waals surface area contributed by atoms with Crippen LogP contribution < -0.4 is 5.23 Å². The van der Waals surface area contributed by atoms with Gasteiger partial charge in [0.05, 0.1) is 2.88 Å². The Balaban J connectivity index is 2.65. The summed E-state index contributed by atoms with van der Waals surface area (Å²) < 4.78 is 1.18. The maximum Gasteiger partial charge on any atom is 0.406 e. The Morgan fingerprint density at radius 2 is 2.50 bits per heavy atom. The first-order valence-electron chi connectivity index (χ1n) is 2.88. The summed E-state index contributed by atoms with van der Waals surface area (Å²) in [4.78, 5) is 0. The molecule has 0 saturated heterocycles. The summed E-state index contributed by atoms with van der Waals surface area (Å²) in [6.45, 7) is 1.70. The van der Waals surface area contributed by atoms with Crippen molar-refractivity contribution in [1.82, 2.24) is 0 Å². The Morgan fingerprint density at radius 1 is 1.80 bits per heavy atom. The molecule has 0 saturated carbocycles. The number of halogens is 1. The lowest BCUT2D eigenvalue weighted by atomic mass is 9.89. The standard InChI is InChI=1S/C5H7BINOS/c1-6(9)8-4-2-3-10-5(4)7/h2-3,8-9H,1H3. The molecule has 5 heteroatoms. The third-order valence-electron chi connectivity index (χ3n) is 0.982. The van der Waals surface area contributed by atoms with Crippen molar-refractivity contribution >= 4 is 46.7 Å². The number of nitrogens with one attached hydrogen (secondary N) is 1. The van der Waals surface area contributed by atoms with Gasteiger partial charge < -0.3 is 10.3 Å². The van der Waals surface area contributed by atoms with Crippen molar-refractivity contribution < 1.29 is 5.02 Å². The zero-order valence-electron chi connectivity index (χ0n) is 5.47. The van der Waals surface area contributed by atoms with E-state index in [9.17, 15) is 0 Å². The van der Waals surface area contributed by atoms with E-state index in [2.05, 4.69) is 27.8 Å². The molecule has 0 fully saturated rings. The van der Waals surface area contributed by atoms with E-state index in [1.165, 1.54) is 2.88 Å². The SMILES string of the molecule is CB(O)Nc1ccsc1I. The van der Waals surface area contributed by atoms with Gasteiger partial charge in [0.1, 0.15) is 0 Å². The lowest BCUT2D eigenvalue weighted by Gasteiger charge is -2.02. The maximum atomic E-state index is 8.94. The second-order valence-corrected chi connectivity index (χ2v) is 4.66. The molecule has 0 aliphatic heterocycles. The first-order valence-corrected chi connectivity index (χ1v) is 4.83. The molecular formula is C5H7BINOS. The smallest absolute Gasteiger partial charge is 0.406 e. The maximum absolute atomic E-state index is 8.94. The summed E-state index contributed by atoms with van der Waals surface area (Å²) in [6.07, 6.45) is 0. The lowest BCUT2D eigenvalue weighted by molar-refractivity contribution is 0.587. The molecule has 1 heterocycles. The molecule has 54 valence electrons. The number of thiophene rings is 1. The number of rotatable bonds is 2. The van der Waals surface area contributed by atoms with Crippen molar-refractivity contribution in [3.05, 3.63) is 14.3 Å². The van der Waals surface area contributed by atoms with Gasteiger partial charge in [-0.3, -0.25) is 0 Å². The predicted octanol–water partition coefficient (Wildman–Crippen LogP) is 1.87. The molecule has 1 aromatic rings. The molecule has 0 unspecified atom stereocenters. The highest BCUT2D eigenvalue weighted by molar-refractivity contribution is 14.1. The fraction of sp³-hybridized carbons (Fsp3) is 0.200. The van der Waals surface area contributed by atoms with Gasteiger partial charge in [-0.15, -0.1) is 11.3 Å². The van der Waals surface area contributed by atoms with Crippen LogP contribution in [0.25, 0.3) is 0 Å². The van der Waals surface area contributed by atoms with Crippen LogP contribution in [-0.2, 0) is 0 Å². The topological polar surface area (TPSA) is 32.3 Å². The number of anilines is 1. The third kappa shape index (κ3) is 2.14. The second-order valence-electron chi connectivity index (χ2n) is 1.93.